The van der Waals surface area contributed by atoms with E-state index >= 15 is 0 Å². The lowest BCUT2D eigenvalue weighted by atomic mass is 9.82. The molecule has 0 aliphatic heterocycles. The van der Waals surface area contributed by atoms with E-state index in [0.29, 0.717) is 5.92 Å². The van der Waals surface area contributed by atoms with Gasteiger partial charge in [0, 0.05) is 13.6 Å². The molecule has 2 N–H and O–H groups in total. The van der Waals surface area contributed by atoms with Gasteiger partial charge < -0.3 is 10.4 Å². The summed E-state index contributed by atoms with van der Waals surface area (Å²) >= 11 is 6.14. The minimum absolute atomic E-state index is 0.0747. The maximum atomic E-state index is 9.16. The fourth-order valence-electron chi connectivity index (χ4n) is 2.13. The zero-order valence-corrected chi connectivity index (χ0v) is 10.5. The third-order valence-electron chi connectivity index (χ3n) is 3.20. The van der Waals surface area contributed by atoms with Crippen molar-refractivity contribution < 1.29 is 5.11 Å². The molecule has 0 atom stereocenters. The standard InChI is InChI=1S/C11H18ClN3O/c1-7-11(12)10(15(2)14-7)6-13-5-8-3-9(16)4-8/h8-9,13,16H,3-6H2,1-2H3. The van der Waals surface area contributed by atoms with Crippen LogP contribution in [0.4, 0.5) is 0 Å². The predicted molar refractivity (Wildman–Crippen MR) is 63.4 cm³/mol. The highest BCUT2D eigenvalue weighted by atomic mass is 35.5. The molecule has 1 aliphatic rings. The van der Waals surface area contributed by atoms with E-state index in [1.807, 2.05) is 18.7 Å². The molecule has 1 aromatic heterocycles. The Labute approximate surface area is 101 Å². The van der Waals surface area contributed by atoms with Crippen molar-refractivity contribution in [1.82, 2.24) is 15.1 Å². The number of hydrogen-bond donors (Lipinski definition) is 2. The van der Waals surface area contributed by atoms with E-state index in [-0.39, 0.29) is 6.10 Å². The van der Waals surface area contributed by atoms with Crippen LogP contribution in [0.1, 0.15) is 24.2 Å². The lowest BCUT2D eigenvalue weighted by Gasteiger charge is -2.31. The van der Waals surface area contributed by atoms with Crippen LogP contribution in [-0.4, -0.2) is 27.5 Å². The summed E-state index contributed by atoms with van der Waals surface area (Å²) in [6.45, 7) is 3.59. The maximum absolute atomic E-state index is 9.16. The SMILES string of the molecule is Cc1nn(C)c(CNCC2CC(O)C2)c1Cl. The number of rotatable bonds is 4. The Bertz CT molecular complexity index is 372. The molecule has 1 aliphatic carbocycles. The summed E-state index contributed by atoms with van der Waals surface area (Å²) in [5, 5.41) is 17.5. The molecule has 0 aromatic carbocycles. The van der Waals surface area contributed by atoms with Crippen LogP contribution in [0.3, 0.4) is 0 Å². The highest BCUT2D eigenvalue weighted by Gasteiger charge is 2.26. The van der Waals surface area contributed by atoms with Crippen molar-refractivity contribution in [2.24, 2.45) is 13.0 Å². The number of nitrogens with one attached hydrogen (secondary N) is 1. The Morgan fingerprint density at radius 3 is 2.75 bits per heavy atom. The van der Waals surface area contributed by atoms with Crippen molar-refractivity contribution in [3.63, 3.8) is 0 Å². The van der Waals surface area contributed by atoms with E-state index in [2.05, 4.69) is 10.4 Å². The summed E-state index contributed by atoms with van der Waals surface area (Å²) < 4.78 is 1.82. The van der Waals surface area contributed by atoms with Gasteiger partial charge in [-0.2, -0.15) is 5.10 Å². The van der Waals surface area contributed by atoms with Gasteiger partial charge in [-0.25, -0.2) is 0 Å². The van der Waals surface area contributed by atoms with Crippen molar-refractivity contribution >= 4 is 11.6 Å². The molecular weight excluding hydrogens is 226 g/mol. The molecule has 0 amide bonds. The summed E-state index contributed by atoms with van der Waals surface area (Å²) in [6, 6.07) is 0. The second kappa shape index (κ2) is 4.73. The lowest BCUT2D eigenvalue weighted by Crippen LogP contribution is -2.36. The minimum atomic E-state index is -0.0747. The largest absolute Gasteiger partial charge is 0.393 e. The number of nitrogens with zero attached hydrogens (tertiary/aromatic N) is 2. The topological polar surface area (TPSA) is 50.1 Å². The molecule has 16 heavy (non-hydrogen) atoms. The van der Waals surface area contributed by atoms with Gasteiger partial charge in [-0.1, -0.05) is 11.6 Å². The summed E-state index contributed by atoms with van der Waals surface area (Å²) in [6.07, 6.45) is 1.77. The van der Waals surface area contributed by atoms with Crippen LogP contribution in [0.5, 0.6) is 0 Å². The van der Waals surface area contributed by atoms with Crippen LogP contribution >= 0.6 is 11.6 Å². The van der Waals surface area contributed by atoms with E-state index < -0.39 is 0 Å². The second-order valence-electron chi connectivity index (χ2n) is 4.59. The Morgan fingerprint density at radius 2 is 2.25 bits per heavy atom. The van der Waals surface area contributed by atoms with Gasteiger partial charge in [0.2, 0.25) is 0 Å². The van der Waals surface area contributed by atoms with Gasteiger partial charge in [0.05, 0.1) is 22.5 Å². The molecular formula is C11H18ClN3O. The molecule has 0 spiro atoms. The van der Waals surface area contributed by atoms with E-state index in [0.717, 1.165) is 42.3 Å². The van der Waals surface area contributed by atoms with Crippen molar-refractivity contribution in [3.05, 3.63) is 16.4 Å². The molecule has 4 nitrogen and oxygen atoms in total. The first kappa shape index (κ1) is 11.9. The zero-order valence-electron chi connectivity index (χ0n) is 9.70. The normalized spacial score (nSPS) is 24.5. The third kappa shape index (κ3) is 2.39. The highest BCUT2D eigenvalue weighted by Crippen LogP contribution is 2.26. The van der Waals surface area contributed by atoms with E-state index in [9.17, 15) is 0 Å². The molecule has 0 radical (unpaired) electrons. The Morgan fingerprint density at radius 1 is 1.56 bits per heavy atom. The number of aliphatic hydroxyl groups is 1. The van der Waals surface area contributed by atoms with Crippen molar-refractivity contribution in [2.75, 3.05) is 6.54 Å². The van der Waals surface area contributed by atoms with Crippen LogP contribution < -0.4 is 5.32 Å². The number of aliphatic hydroxyl groups excluding tert-OH is 1. The second-order valence-corrected chi connectivity index (χ2v) is 4.97. The monoisotopic (exact) mass is 243 g/mol. The third-order valence-corrected chi connectivity index (χ3v) is 3.69. The van der Waals surface area contributed by atoms with Gasteiger partial charge in [0.1, 0.15) is 0 Å². The fraction of sp³-hybridized carbons (Fsp3) is 0.727. The van der Waals surface area contributed by atoms with Gasteiger partial charge in [0.15, 0.2) is 0 Å². The molecule has 90 valence electrons. The summed E-state index contributed by atoms with van der Waals surface area (Å²) in [5.41, 5.74) is 1.90. The Hall–Kier alpha value is -0.580. The smallest absolute Gasteiger partial charge is 0.0860 e. The first-order valence-corrected chi connectivity index (χ1v) is 6.02. The Balaban J connectivity index is 1.81. The van der Waals surface area contributed by atoms with E-state index in [1.54, 1.807) is 0 Å². The van der Waals surface area contributed by atoms with E-state index in [4.69, 9.17) is 16.7 Å². The number of hydrogen-bond acceptors (Lipinski definition) is 3. The van der Waals surface area contributed by atoms with Gasteiger partial charge in [-0.05, 0) is 32.2 Å². The van der Waals surface area contributed by atoms with E-state index in [1.165, 1.54) is 0 Å². The van der Waals surface area contributed by atoms with Gasteiger partial charge in [-0.15, -0.1) is 0 Å². The van der Waals surface area contributed by atoms with Gasteiger partial charge in [0.25, 0.3) is 0 Å². The van der Waals surface area contributed by atoms with Crippen molar-refractivity contribution in [1.29, 1.82) is 0 Å². The summed E-state index contributed by atoms with van der Waals surface area (Å²) in [7, 11) is 1.91. The summed E-state index contributed by atoms with van der Waals surface area (Å²) in [4.78, 5) is 0. The highest BCUT2D eigenvalue weighted by molar-refractivity contribution is 6.31. The lowest BCUT2D eigenvalue weighted by molar-refractivity contribution is 0.0429. The van der Waals surface area contributed by atoms with Crippen LogP contribution in [-0.2, 0) is 13.6 Å². The summed E-state index contributed by atoms with van der Waals surface area (Å²) in [5.74, 6) is 0.614. The first-order valence-electron chi connectivity index (χ1n) is 5.64. The van der Waals surface area contributed by atoms with Crippen LogP contribution in [0.15, 0.2) is 0 Å². The number of halogens is 1. The molecule has 0 unspecified atom stereocenters. The minimum Gasteiger partial charge on any atom is -0.393 e. The maximum Gasteiger partial charge on any atom is 0.0860 e. The first-order chi connectivity index (χ1) is 7.58. The average Bonchev–Trinajstić information content (AvgIpc) is 2.41. The Kier molecular flexibility index (Phi) is 3.52. The molecule has 1 fully saturated rings. The molecule has 0 saturated heterocycles. The molecule has 1 saturated carbocycles. The average molecular weight is 244 g/mol. The van der Waals surface area contributed by atoms with Crippen LogP contribution in [0, 0.1) is 12.8 Å². The molecule has 2 rings (SSSR count). The quantitative estimate of drug-likeness (QED) is 0.837. The van der Waals surface area contributed by atoms with Gasteiger partial charge in [-0.3, -0.25) is 4.68 Å². The van der Waals surface area contributed by atoms with Crippen molar-refractivity contribution in [2.45, 2.75) is 32.4 Å². The number of aryl methyl sites for hydroxylation is 2. The fourth-order valence-corrected chi connectivity index (χ4v) is 2.36. The zero-order chi connectivity index (χ0) is 11.7. The number of aromatic nitrogens is 2. The van der Waals surface area contributed by atoms with Crippen LogP contribution in [0.25, 0.3) is 0 Å². The predicted octanol–water partition coefficient (Wildman–Crippen LogP) is 1.24. The molecule has 5 heteroatoms. The molecule has 0 bridgehead atoms. The van der Waals surface area contributed by atoms with Crippen LogP contribution in [0.2, 0.25) is 5.02 Å². The van der Waals surface area contributed by atoms with Crippen molar-refractivity contribution in [3.8, 4) is 0 Å². The van der Waals surface area contributed by atoms with Gasteiger partial charge >= 0.3 is 0 Å². The molecule has 1 aromatic rings. The molecule has 1 heterocycles.